The van der Waals surface area contributed by atoms with E-state index in [1.165, 1.54) is 0 Å². The van der Waals surface area contributed by atoms with Crippen molar-refractivity contribution < 1.29 is 13.2 Å². The molecule has 1 fully saturated rings. The third kappa shape index (κ3) is 4.38. The highest BCUT2D eigenvalue weighted by Crippen LogP contribution is 2.31. The number of hydrogen-bond donors (Lipinski definition) is 0. The summed E-state index contributed by atoms with van der Waals surface area (Å²) in [5.74, 6) is 0.680. The quantitative estimate of drug-likeness (QED) is 0.778. The Morgan fingerprint density at radius 3 is 2.31 bits per heavy atom. The third-order valence-corrected chi connectivity index (χ3v) is 6.38. The first-order chi connectivity index (χ1) is 12.0. The Hall–Kier alpha value is -1.60. The van der Waals surface area contributed by atoms with Crippen LogP contribution in [0, 0.1) is 0 Å². The van der Waals surface area contributed by atoms with Crippen molar-refractivity contribution >= 4 is 22.4 Å². The van der Waals surface area contributed by atoms with Gasteiger partial charge < -0.3 is 9.64 Å². The summed E-state index contributed by atoms with van der Waals surface area (Å²) >= 11 is 0. The Labute approximate surface area is 162 Å². The second-order valence-electron chi connectivity index (χ2n) is 6.21. The van der Waals surface area contributed by atoms with Gasteiger partial charge in [0.1, 0.15) is 5.75 Å². The minimum absolute atomic E-state index is 0. The van der Waals surface area contributed by atoms with E-state index < -0.39 is 10.0 Å². The fourth-order valence-electron chi connectivity index (χ4n) is 3.15. The Bertz CT molecular complexity index is 797. The van der Waals surface area contributed by atoms with Crippen LogP contribution in [0.15, 0.2) is 59.5 Å². The maximum Gasteiger partial charge on any atom is 0.243 e. The Morgan fingerprint density at radius 1 is 1.04 bits per heavy atom. The fraction of sp³-hybridized carbons (Fsp3) is 0.368. The summed E-state index contributed by atoms with van der Waals surface area (Å²) in [6, 6.07) is 16.3. The van der Waals surface area contributed by atoms with Crippen LogP contribution < -0.4 is 4.74 Å². The summed E-state index contributed by atoms with van der Waals surface area (Å²) in [6.07, 6.45) is 0. The van der Waals surface area contributed by atoms with Gasteiger partial charge in [0.15, 0.2) is 0 Å². The van der Waals surface area contributed by atoms with Crippen molar-refractivity contribution in [1.29, 1.82) is 0 Å². The molecule has 0 spiro atoms. The molecule has 0 bridgehead atoms. The monoisotopic (exact) mass is 396 g/mol. The predicted molar refractivity (Wildman–Crippen MR) is 105 cm³/mol. The highest BCUT2D eigenvalue weighted by atomic mass is 35.5. The van der Waals surface area contributed by atoms with Crippen molar-refractivity contribution in [2.24, 2.45) is 0 Å². The second kappa shape index (κ2) is 8.86. The first-order valence-corrected chi connectivity index (χ1v) is 9.94. The number of nitrogens with zero attached hydrogens (tertiary/aromatic N) is 2. The minimum Gasteiger partial charge on any atom is -0.494 e. The molecule has 142 valence electrons. The van der Waals surface area contributed by atoms with Crippen LogP contribution in [-0.4, -0.2) is 50.9 Å². The van der Waals surface area contributed by atoms with E-state index in [1.54, 1.807) is 28.6 Å². The molecule has 1 atom stereocenters. The van der Waals surface area contributed by atoms with E-state index in [-0.39, 0.29) is 18.4 Å². The van der Waals surface area contributed by atoms with Gasteiger partial charge in [-0.15, -0.1) is 12.4 Å². The molecular formula is C19H25ClN2O3S. The largest absolute Gasteiger partial charge is 0.494 e. The summed E-state index contributed by atoms with van der Waals surface area (Å²) in [5.41, 5.74) is 1.02. The van der Waals surface area contributed by atoms with E-state index in [0.717, 1.165) is 12.1 Å². The molecular weight excluding hydrogens is 372 g/mol. The van der Waals surface area contributed by atoms with E-state index in [1.807, 2.05) is 44.3 Å². The summed E-state index contributed by atoms with van der Waals surface area (Å²) in [6.45, 7) is 4.34. The van der Waals surface area contributed by atoms with Gasteiger partial charge in [-0.2, -0.15) is 4.31 Å². The van der Waals surface area contributed by atoms with Gasteiger partial charge in [0.2, 0.25) is 10.0 Å². The SMILES string of the molecule is CCOc1ccc(S(=O)(=O)N2CCN(C)CC2c2ccccc2)cc1.Cl. The Morgan fingerprint density at radius 2 is 1.69 bits per heavy atom. The highest BCUT2D eigenvalue weighted by molar-refractivity contribution is 7.89. The number of sulfonamides is 1. The molecule has 0 N–H and O–H groups in total. The van der Waals surface area contributed by atoms with Gasteiger partial charge in [0.05, 0.1) is 17.5 Å². The van der Waals surface area contributed by atoms with Gasteiger partial charge in [-0.25, -0.2) is 8.42 Å². The van der Waals surface area contributed by atoms with Gasteiger partial charge in [-0.1, -0.05) is 30.3 Å². The number of hydrogen-bond acceptors (Lipinski definition) is 4. The van der Waals surface area contributed by atoms with Gasteiger partial charge >= 0.3 is 0 Å². The van der Waals surface area contributed by atoms with Gasteiger partial charge in [-0.3, -0.25) is 0 Å². The lowest BCUT2D eigenvalue weighted by Crippen LogP contribution is -2.49. The van der Waals surface area contributed by atoms with E-state index in [2.05, 4.69) is 4.90 Å². The van der Waals surface area contributed by atoms with E-state index in [4.69, 9.17) is 4.74 Å². The second-order valence-corrected chi connectivity index (χ2v) is 8.10. The Kier molecular flexibility index (Phi) is 7.06. The molecule has 0 aromatic heterocycles. The van der Waals surface area contributed by atoms with Crippen LogP contribution in [0.3, 0.4) is 0 Å². The predicted octanol–water partition coefficient (Wildman–Crippen LogP) is 3.18. The summed E-state index contributed by atoms with van der Waals surface area (Å²) in [5, 5.41) is 0. The zero-order chi connectivity index (χ0) is 17.9. The maximum absolute atomic E-state index is 13.2. The maximum atomic E-state index is 13.2. The normalized spacial score (nSPS) is 18.9. The third-order valence-electron chi connectivity index (χ3n) is 4.46. The van der Waals surface area contributed by atoms with Crippen molar-refractivity contribution in [3.8, 4) is 5.75 Å². The zero-order valence-corrected chi connectivity index (χ0v) is 16.7. The van der Waals surface area contributed by atoms with Gasteiger partial charge in [-0.05, 0) is 43.8 Å². The molecule has 1 unspecified atom stereocenters. The van der Waals surface area contributed by atoms with Crippen LogP contribution in [0.1, 0.15) is 18.5 Å². The van der Waals surface area contributed by atoms with Crippen LogP contribution in [0.4, 0.5) is 0 Å². The van der Waals surface area contributed by atoms with Crippen molar-refractivity contribution in [2.75, 3.05) is 33.3 Å². The molecule has 2 aromatic carbocycles. The summed E-state index contributed by atoms with van der Waals surface area (Å²) in [7, 11) is -1.54. The van der Waals surface area contributed by atoms with Crippen molar-refractivity contribution in [3.63, 3.8) is 0 Å². The van der Waals surface area contributed by atoms with E-state index >= 15 is 0 Å². The molecule has 1 saturated heterocycles. The zero-order valence-electron chi connectivity index (χ0n) is 15.0. The van der Waals surface area contributed by atoms with Crippen LogP contribution in [0.25, 0.3) is 0 Å². The van der Waals surface area contributed by atoms with Crippen LogP contribution in [0.2, 0.25) is 0 Å². The molecule has 2 aromatic rings. The average Bonchev–Trinajstić information content (AvgIpc) is 2.63. The molecule has 1 aliphatic heterocycles. The summed E-state index contributed by atoms with van der Waals surface area (Å²) in [4.78, 5) is 2.48. The number of likely N-dealkylation sites (N-methyl/N-ethyl adjacent to an activating group) is 1. The molecule has 1 aliphatic rings. The average molecular weight is 397 g/mol. The smallest absolute Gasteiger partial charge is 0.243 e. The molecule has 7 heteroatoms. The Balaban J connectivity index is 0.00000243. The van der Waals surface area contributed by atoms with Gasteiger partial charge in [0, 0.05) is 19.6 Å². The molecule has 0 radical (unpaired) electrons. The number of piperazine rings is 1. The van der Waals surface area contributed by atoms with Crippen molar-refractivity contribution in [2.45, 2.75) is 17.9 Å². The molecule has 0 amide bonds. The number of ether oxygens (including phenoxy) is 1. The minimum atomic E-state index is -3.56. The first kappa shape index (κ1) is 20.7. The first-order valence-electron chi connectivity index (χ1n) is 8.50. The topological polar surface area (TPSA) is 49.9 Å². The standard InChI is InChI=1S/C19H24N2O3S.ClH/c1-3-24-17-9-11-18(12-10-17)25(22,23)21-14-13-20(2)15-19(21)16-7-5-4-6-8-16;/h4-12,19H,3,13-15H2,1-2H3;1H. The van der Waals surface area contributed by atoms with Crippen LogP contribution in [-0.2, 0) is 10.0 Å². The molecule has 3 rings (SSSR count). The number of rotatable bonds is 5. The van der Waals surface area contributed by atoms with E-state index in [9.17, 15) is 8.42 Å². The molecule has 5 nitrogen and oxygen atoms in total. The highest BCUT2D eigenvalue weighted by Gasteiger charge is 2.36. The number of benzene rings is 2. The van der Waals surface area contributed by atoms with Crippen molar-refractivity contribution in [1.82, 2.24) is 9.21 Å². The molecule has 0 saturated carbocycles. The summed E-state index contributed by atoms with van der Waals surface area (Å²) < 4.78 is 33.5. The lowest BCUT2D eigenvalue weighted by molar-refractivity contribution is 0.160. The van der Waals surface area contributed by atoms with Crippen LogP contribution >= 0.6 is 12.4 Å². The lowest BCUT2D eigenvalue weighted by atomic mass is 10.1. The molecule has 1 heterocycles. The van der Waals surface area contributed by atoms with E-state index in [0.29, 0.717) is 30.3 Å². The fourth-order valence-corrected chi connectivity index (χ4v) is 4.74. The number of halogens is 1. The van der Waals surface area contributed by atoms with Crippen molar-refractivity contribution in [3.05, 3.63) is 60.2 Å². The lowest BCUT2D eigenvalue weighted by Gasteiger charge is -2.39. The molecule has 0 aliphatic carbocycles. The molecule has 26 heavy (non-hydrogen) atoms. The van der Waals surface area contributed by atoms with Gasteiger partial charge in [0.25, 0.3) is 0 Å². The van der Waals surface area contributed by atoms with Crippen LogP contribution in [0.5, 0.6) is 5.75 Å².